The number of rotatable bonds is 3. The molecule has 0 saturated carbocycles. The number of carbonyl (C=O) groups excluding carboxylic acids is 1. The lowest BCUT2D eigenvalue weighted by Crippen LogP contribution is -2.54. The first kappa shape index (κ1) is 25.0. The van der Waals surface area contributed by atoms with Gasteiger partial charge in [0.25, 0.3) is 6.10 Å². The number of aromatic amines is 1. The molecular weight excluding hydrogens is 488 g/mol. The van der Waals surface area contributed by atoms with Crippen LogP contribution >= 0.6 is 11.6 Å². The Kier molecular flexibility index (Phi) is 6.48. The largest absolute Gasteiger partial charge is 0.434 e. The Balaban J connectivity index is 1.43. The Bertz CT molecular complexity index is 1050. The summed E-state index contributed by atoms with van der Waals surface area (Å²) in [7, 11) is 0. The molecule has 1 aromatic carbocycles. The SMILES string of the molecule is Cc1c(CN2CCCC23CCN(C(=O)OC(C(F)(F)F)C(F)(F)F)CC3)[nH]c2ccc(Cl)cc12. The van der Waals surface area contributed by atoms with E-state index in [0.717, 1.165) is 46.4 Å². The second-order valence-corrected chi connectivity index (χ2v) is 9.44. The van der Waals surface area contributed by atoms with Crippen molar-refractivity contribution in [1.82, 2.24) is 14.8 Å². The molecule has 2 aliphatic heterocycles. The molecule has 1 N–H and O–H groups in total. The molecule has 0 atom stereocenters. The van der Waals surface area contributed by atoms with E-state index in [1.165, 1.54) is 0 Å². The lowest BCUT2D eigenvalue weighted by Gasteiger charge is -2.45. The Morgan fingerprint density at radius 1 is 1.12 bits per heavy atom. The van der Waals surface area contributed by atoms with E-state index in [1.54, 1.807) is 6.07 Å². The fraction of sp³-hybridized carbons (Fsp3) is 0.591. The van der Waals surface area contributed by atoms with Crippen molar-refractivity contribution in [2.45, 2.75) is 63.1 Å². The number of ether oxygens (including phenoxy) is 1. The van der Waals surface area contributed by atoms with Gasteiger partial charge in [-0.2, -0.15) is 26.3 Å². The Labute approximate surface area is 197 Å². The Morgan fingerprint density at radius 2 is 1.76 bits per heavy atom. The van der Waals surface area contributed by atoms with Crippen molar-refractivity contribution in [3.8, 4) is 0 Å². The van der Waals surface area contributed by atoms with Gasteiger partial charge in [-0.1, -0.05) is 11.6 Å². The topological polar surface area (TPSA) is 48.6 Å². The molecule has 2 aromatic rings. The van der Waals surface area contributed by atoms with E-state index in [1.807, 2.05) is 19.1 Å². The van der Waals surface area contributed by atoms with Gasteiger partial charge in [-0.3, -0.25) is 4.90 Å². The molecule has 2 saturated heterocycles. The number of amides is 1. The second-order valence-electron chi connectivity index (χ2n) is 9.00. The van der Waals surface area contributed by atoms with Crippen molar-refractivity contribution < 1.29 is 35.9 Å². The minimum atomic E-state index is -5.73. The predicted molar refractivity (Wildman–Crippen MR) is 114 cm³/mol. The van der Waals surface area contributed by atoms with Gasteiger partial charge in [0.05, 0.1) is 0 Å². The third-order valence-electron chi connectivity index (χ3n) is 6.98. The fourth-order valence-electron chi connectivity index (χ4n) is 5.11. The van der Waals surface area contributed by atoms with E-state index >= 15 is 0 Å². The number of alkyl halides is 6. The summed E-state index contributed by atoms with van der Waals surface area (Å²) < 4.78 is 80.3. The zero-order valence-electron chi connectivity index (χ0n) is 18.3. The van der Waals surface area contributed by atoms with Crippen LogP contribution in [0.1, 0.15) is 36.9 Å². The summed E-state index contributed by atoms with van der Waals surface area (Å²) in [4.78, 5) is 18.8. The fourth-order valence-corrected chi connectivity index (χ4v) is 5.28. The number of fused-ring (bicyclic) bond motifs is 1. The van der Waals surface area contributed by atoms with Crippen LogP contribution in [0.5, 0.6) is 0 Å². The van der Waals surface area contributed by atoms with E-state index in [0.29, 0.717) is 24.4 Å². The van der Waals surface area contributed by atoms with Gasteiger partial charge >= 0.3 is 18.4 Å². The number of nitrogens with one attached hydrogen (secondary N) is 1. The molecule has 0 aliphatic carbocycles. The zero-order valence-corrected chi connectivity index (χ0v) is 19.1. The molecule has 2 aliphatic rings. The van der Waals surface area contributed by atoms with E-state index in [2.05, 4.69) is 14.6 Å². The molecule has 4 rings (SSSR count). The predicted octanol–water partition coefficient (Wildman–Crippen LogP) is 6.19. The molecule has 1 spiro atoms. The molecule has 3 heterocycles. The zero-order chi connectivity index (χ0) is 24.9. The van der Waals surface area contributed by atoms with E-state index in [9.17, 15) is 31.1 Å². The highest BCUT2D eigenvalue weighted by atomic mass is 35.5. The summed E-state index contributed by atoms with van der Waals surface area (Å²) in [6.45, 7) is 3.48. The molecule has 188 valence electrons. The van der Waals surface area contributed by atoms with Crippen LogP contribution in [0.15, 0.2) is 18.2 Å². The standard InChI is InChI=1S/C22H24ClF6N3O2/c1-13-15-11-14(23)3-4-16(15)30-17(13)12-32-8-2-5-20(32)6-9-31(10-7-20)19(33)34-18(21(24,25)26)22(27,28)29/h3-4,11,18,30H,2,5-10,12H2,1H3. The van der Waals surface area contributed by atoms with Crippen LogP contribution in [0, 0.1) is 6.92 Å². The Morgan fingerprint density at radius 3 is 2.38 bits per heavy atom. The van der Waals surface area contributed by atoms with E-state index < -0.39 is 24.5 Å². The van der Waals surface area contributed by atoms with Gasteiger partial charge in [0, 0.05) is 46.8 Å². The van der Waals surface area contributed by atoms with Crippen LogP contribution in [0.2, 0.25) is 5.02 Å². The van der Waals surface area contributed by atoms with Gasteiger partial charge < -0.3 is 14.6 Å². The number of carbonyl (C=O) groups is 1. The van der Waals surface area contributed by atoms with Crippen LogP contribution in [-0.2, 0) is 11.3 Å². The van der Waals surface area contributed by atoms with Crippen molar-refractivity contribution in [3.05, 3.63) is 34.5 Å². The average Bonchev–Trinajstić information content (AvgIpc) is 3.26. The van der Waals surface area contributed by atoms with Crippen LogP contribution < -0.4 is 0 Å². The highest BCUT2D eigenvalue weighted by molar-refractivity contribution is 6.31. The second kappa shape index (κ2) is 8.82. The van der Waals surface area contributed by atoms with Gasteiger partial charge in [0.2, 0.25) is 0 Å². The normalized spacial score (nSPS) is 19.5. The van der Waals surface area contributed by atoms with E-state index in [4.69, 9.17) is 11.6 Å². The van der Waals surface area contributed by atoms with Gasteiger partial charge in [-0.05, 0) is 62.9 Å². The maximum Gasteiger partial charge on any atom is 0.434 e. The number of benzene rings is 1. The molecule has 34 heavy (non-hydrogen) atoms. The lowest BCUT2D eigenvalue weighted by atomic mass is 9.85. The third-order valence-corrected chi connectivity index (χ3v) is 7.21. The average molecular weight is 512 g/mol. The first-order valence-electron chi connectivity index (χ1n) is 10.9. The maximum atomic E-state index is 12.7. The summed E-state index contributed by atoms with van der Waals surface area (Å²) in [5, 5.41) is 1.66. The van der Waals surface area contributed by atoms with Crippen molar-refractivity contribution in [2.24, 2.45) is 0 Å². The van der Waals surface area contributed by atoms with E-state index in [-0.39, 0.29) is 18.6 Å². The van der Waals surface area contributed by atoms with Crippen LogP contribution in [-0.4, -0.2) is 64.5 Å². The number of H-pyrrole nitrogens is 1. The van der Waals surface area contributed by atoms with Crippen molar-refractivity contribution in [3.63, 3.8) is 0 Å². The number of aromatic nitrogens is 1. The maximum absolute atomic E-state index is 12.7. The third kappa shape index (κ3) is 4.82. The summed E-state index contributed by atoms with van der Waals surface area (Å²) in [5.74, 6) is 0. The van der Waals surface area contributed by atoms with Crippen molar-refractivity contribution >= 4 is 28.6 Å². The first-order chi connectivity index (χ1) is 15.8. The summed E-state index contributed by atoms with van der Waals surface area (Å²) >= 11 is 6.12. The number of likely N-dealkylation sites (tertiary alicyclic amines) is 2. The molecule has 1 amide bonds. The molecule has 0 radical (unpaired) electrons. The van der Waals surface area contributed by atoms with Crippen LogP contribution in [0.3, 0.4) is 0 Å². The lowest BCUT2D eigenvalue weighted by molar-refractivity contribution is -0.308. The molecule has 5 nitrogen and oxygen atoms in total. The van der Waals surface area contributed by atoms with Crippen LogP contribution in [0.25, 0.3) is 10.9 Å². The first-order valence-corrected chi connectivity index (χ1v) is 11.3. The van der Waals surface area contributed by atoms with Gasteiger partial charge in [-0.15, -0.1) is 0 Å². The molecular formula is C22H24ClF6N3O2. The number of halogens is 7. The van der Waals surface area contributed by atoms with Crippen molar-refractivity contribution in [2.75, 3.05) is 19.6 Å². The number of aryl methyl sites for hydroxylation is 1. The minimum absolute atomic E-state index is 0.0268. The quantitative estimate of drug-likeness (QED) is 0.500. The van der Waals surface area contributed by atoms with Gasteiger partial charge in [-0.25, -0.2) is 4.79 Å². The van der Waals surface area contributed by atoms with Gasteiger partial charge in [0.1, 0.15) is 0 Å². The number of piperidine rings is 1. The highest BCUT2D eigenvalue weighted by Crippen LogP contribution is 2.41. The molecule has 12 heteroatoms. The molecule has 2 fully saturated rings. The number of nitrogens with zero attached hydrogens (tertiary/aromatic N) is 2. The molecule has 0 unspecified atom stereocenters. The smallest absolute Gasteiger partial charge is 0.426 e. The Hall–Kier alpha value is -2.14. The van der Waals surface area contributed by atoms with Crippen molar-refractivity contribution in [1.29, 1.82) is 0 Å². The summed E-state index contributed by atoms with van der Waals surface area (Å²) in [5.41, 5.74) is 2.79. The highest BCUT2D eigenvalue weighted by Gasteiger charge is 2.60. The molecule has 0 bridgehead atoms. The number of hydrogen-bond donors (Lipinski definition) is 1. The van der Waals surface area contributed by atoms with Crippen LogP contribution in [0.4, 0.5) is 31.1 Å². The monoisotopic (exact) mass is 511 g/mol. The summed E-state index contributed by atoms with van der Waals surface area (Å²) in [6.07, 6.45) is -14.5. The minimum Gasteiger partial charge on any atom is -0.426 e. The molecule has 1 aromatic heterocycles. The van der Waals surface area contributed by atoms with Gasteiger partial charge in [0.15, 0.2) is 0 Å². The number of hydrogen-bond acceptors (Lipinski definition) is 3. The summed E-state index contributed by atoms with van der Waals surface area (Å²) in [6, 6.07) is 5.61.